The maximum Gasteiger partial charge on any atom is 0.263 e. The Morgan fingerprint density at radius 2 is 1.76 bits per heavy atom. The molecule has 0 N–H and O–H groups in total. The minimum Gasteiger partial charge on any atom is -0.481 e. The molecule has 0 bridgehead atoms. The molecule has 0 saturated heterocycles. The van der Waals surface area contributed by atoms with E-state index in [9.17, 15) is 9.59 Å². The number of carbonyl (C=O) groups is 2. The van der Waals surface area contributed by atoms with Gasteiger partial charge in [0.15, 0.2) is 6.10 Å². The molecular weight excluding hydrogens is 460 g/mol. The molecule has 192 valence electrons. The van der Waals surface area contributed by atoms with Crippen molar-refractivity contribution in [1.82, 2.24) is 9.80 Å². The number of hydrogen-bond donors (Lipinski definition) is 0. The average molecular weight is 497 g/mol. The van der Waals surface area contributed by atoms with Gasteiger partial charge in [-0.2, -0.15) is 0 Å². The van der Waals surface area contributed by atoms with E-state index in [1.54, 1.807) is 4.90 Å². The Morgan fingerprint density at radius 3 is 2.43 bits per heavy atom. The topological polar surface area (TPSA) is 49.9 Å². The Labute approximate surface area is 220 Å². The van der Waals surface area contributed by atoms with Gasteiger partial charge in [-0.1, -0.05) is 73.2 Å². The predicted octanol–water partition coefficient (Wildman–Crippen LogP) is 5.70. The van der Waals surface area contributed by atoms with Crippen molar-refractivity contribution in [2.75, 3.05) is 13.6 Å². The molecule has 0 aromatic heterocycles. The normalized spacial score (nSPS) is 17.6. The van der Waals surface area contributed by atoms with Gasteiger partial charge in [-0.3, -0.25) is 9.59 Å². The smallest absolute Gasteiger partial charge is 0.263 e. The SMILES string of the molecule is CC[C@H](Oc1ccc2c(c1)[C@H](c1ccc(C)cc1)N(C(=O)C1CC1)CC2)C(=O)N(C)Cc1ccccc1. The maximum atomic E-state index is 13.3. The van der Waals surface area contributed by atoms with Gasteiger partial charge in [-0.25, -0.2) is 0 Å². The van der Waals surface area contributed by atoms with Crippen LogP contribution >= 0.6 is 0 Å². The van der Waals surface area contributed by atoms with Crippen LogP contribution in [-0.2, 0) is 22.6 Å². The van der Waals surface area contributed by atoms with Gasteiger partial charge in [0, 0.05) is 26.1 Å². The highest BCUT2D eigenvalue weighted by atomic mass is 16.5. The number of amides is 2. The lowest BCUT2D eigenvalue weighted by Crippen LogP contribution is -2.41. The summed E-state index contributed by atoms with van der Waals surface area (Å²) in [5, 5.41) is 0. The first-order valence-electron chi connectivity index (χ1n) is 13.4. The van der Waals surface area contributed by atoms with Gasteiger partial charge in [-0.15, -0.1) is 0 Å². The van der Waals surface area contributed by atoms with Gasteiger partial charge < -0.3 is 14.5 Å². The molecular formula is C32H36N2O3. The summed E-state index contributed by atoms with van der Waals surface area (Å²) in [7, 11) is 1.82. The first-order chi connectivity index (χ1) is 17.9. The molecule has 37 heavy (non-hydrogen) atoms. The quantitative estimate of drug-likeness (QED) is 0.402. The summed E-state index contributed by atoms with van der Waals surface area (Å²) in [6.45, 7) is 5.32. The lowest BCUT2D eigenvalue weighted by molar-refractivity contribution is -0.138. The van der Waals surface area contributed by atoms with Crippen LogP contribution in [0.25, 0.3) is 0 Å². The molecule has 2 amide bonds. The Morgan fingerprint density at radius 1 is 1.03 bits per heavy atom. The van der Waals surface area contributed by atoms with Crippen molar-refractivity contribution in [3.05, 3.63) is 101 Å². The zero-order valence-corrected chi connectivity index (χ0v) is 22.0. The fourth-order valence-electron chi connectivity index (χ4n) is 5.23. The second kappa shape index (κ2) is 10.8. The van der Waals surface area contributed by atoms with Crippen molar-refractivity contribution in [3.63, 3.8) is 0 Å². The molecule has 0 radical (unpaired) electrons. The molecule has 0 spiro atoms. The lowest BCUT2D eigenvalue weighted by atomic mass is 9.87. The summed E-state index contributed by atoms with van der Waals surface area (Å²) in [4.78, 5) is 30.3. The fraction of sp³-hybridized carbons (Fsp3) is 0.375. The highest BCUT2D eigenvalue weighted by Crippen LogP contribution is 2.41. The van der Waals surface area contributed by atoms with Crippen molar-refractivity contribution in [2.24, 2.45) is 5.92 Å². The number of carbonyl (C=O) groups excluding carboxylic acids is 2. The number of ether oxygens (including phenoxy) is 1. The highest BCUT2D eigenvalue weighted by molar-refractivity contribution is 5.82. The summed E-state index contributed by atoms with van der Waals surface area (Å²) in [6.07, 6.45) is 2.80. The van der Waals surface area contributed by atoms with Crippen LogP contribution in [0.4, 0.5) is 0 Å². The number of rotatable bonds is 8. The number of nitrogens with zero attached hydrogens (tertiary/aromatic N) is 2. The van der Waals surface area contributed by atoms with E-state index in [-0.39, 0.29) is 23.8 Å². The first kappa shape index (κ1) is 25.1. The van der Waals surface area contributed by atoms with E-state index in [2.05, 4.69) is 48.2 Å². The summed E-state index contributed by atoms with van der Waals surface area (Å²) >= 11 is 0. The molecule has 5 rings (SSSR count). The minimum atomic E-state index is -0.572. The second-order valence-electron chi connectivity index (χ2n) is 10.4. The van der Waals surface area contributed by atoms with E-state index in [0.717, 1.165) is 42.5 Å². The van der Waals surface area contributed by atoms with Gasteiger partial charge in [0.1, 0.15) is 5.75 Å². The zero-order valence-electron chi connectivity index (χ0n) is 22.0. The second-order valence-corrected chi connectivity index (χ2v) is 10.4. The molecule has 1 heterocycles. The molecule has 2 atom stereocenters. The molecule has 1 aliphatic heterocycles. The third-order valence-corrected chi connectivity index (χ3v) is 7.51. The Balaban J connectivity index is 1.40. The third-order valence-electron chi connectivity index (χ3n) is 7.51. The van der Waals surface area contributed by atoms with Crippen molar-refractivity contribution >= 4 is 11.8 Å². The largest absolute Gasteiger partial charge is 0.481 e. The Kier molecular flexibility index (Phi) is 7.31. The summed E-state index contributed by atoms with van der Waals surface area (Å²) < 4.78 is 6.31. The third kappa shape index (κ3) is 5.56. The van der Waals surface area contributed by atoms with Crippen LogP contribution in [0.15, 0.2) is 72.8 Å². The fourth-order valence-corrected chi connectivity index (χ4v) is 5.23. The van der Waals surface area contributed by atoms with E-state index < -0.39 is 6.10 Å². The van der Waals surface area contributed by atoms with Crippen LogP contribution in [-0.4, -0.2) is 41.3 Å². The standard InChI is InChI=1S/C32H36N2O3/c1-4-29(32(36)33(3)21-23-8-6-5-7-9-23)37-27-17-16-24-18-19-34(31(35)26-14-15-26)30(28(24)20-27)25-12-10-22(2)11-13-25/h5-13,16-17,20,26,29-30H,4,14-15,18-19,21H2,1-3H3/t29-,30-/m0/s1. The zero-order chi connectivity index (χ0) is 25.9. The molecule has 1 saturated carbocycles. The number of aryl methyl sites for hydroxylation is 1. The van der Waals surface area contributed by atoms with Crippen molar-refractivity contribution < 1.29 is 14.3 Å². The van der Waals surface area contributed by atoms with Gasteiger partial charge in [-0.05, 0) is 67.0 Å². The lowest BCUT2D eigenvalue weighted by Gasteiger charge is -2.38. The Hall–Kier alpha value is -3.60. The van der Waals surface area contributed by atoms with Gasteiger partial charge in [0.25, 0.3) is 5.91 Å². The molecule has 2 aliphatic rings. The molecule has 1 aliphatic carbocycles. The predicted molar refractivity (Wildman–Crippen MR) is 145 cm³/mol. The average Bonchev–Trinajstić information content (AvgIpc) is 3.77. The molecule has 0 unspecified atom stereocenters. The van der Waals surface area contributed by atoms with Crippen LogP contribution < -0.4 is 4.74 Å². The number of fused-ring (bicyclic) bond motifs is 1. The number of hydrogen-bond acceptors (Lipinski definition) is 3. The van der Waals surface area contributed by atoms with E-state index in [1.165, 1.54) is 11.1 Å². The monoisotopic (exact) mass is 496 g/mol. The molecule has 3 aromatic carbocycles. The van der Waals surface area contributed by atoms with Crippen molar-refractivity contribution in [2.45, 2.75) is 58.2 Å². The number of benzene rings is 3. The molecule has 5 heteroatoms. The summed E-state index contributed by atoms with van der Waals surface area (Å²) in [6, 6.07) is 24.5. The van der Waals surface area contributed by atoms with E-state index in [4.69, 9.17) is 4.74 Å². The van der Waals surface area contributed by atoms with Crippen LogP contribution in [0, 0.1) is 12.8 Å². The van der Waals surface area contributed by atoms with Gasteiger partial charge in [0.2, 0.25) is 5.91 Å². The van der Waals surface area contributed by atoms with E-state index >= 15 is 0 Å². The van der Waals surface area contributed by atoms with Gasteiger partial charge in [0.05, 0.1) is 6.04 Å². The van der Waals surface area contributed by atoms with Crippen LogP contribution in [0.2, 0.25) is 0 Å². The first-order valence-corrected chi connectivity index (χ1v) is 13.4. The maximum absolute atomic E-state index is 13.3. The van der Waals surface area contributed by atoms with Crippen LogP contribution in [0.5, 0.6) is 5.75 Å². The van der Waals surface area contributed by atoms with Crippen LogP contribution in [0.1, 0.15) is 60.0 Å². The van der Waals surface area contributed by atoms with Crippen molar-refractivity contribution in [3.8, 4) is 5.75 Å². The van der Waals surface area contributed by atoms with E-state index in [0.29, 0.717) is 18.7 Å². The molecule has 1 fully saturated rings. The minimum absolute atomic E-state index is 0.0373. The van der Waals surface area contributed by atoms with Crippen LogP contribution in [0.3, 0.4) is 0 Å². The molecule has 5 nitrogen and oxygen atoms in total. The molecule has 3 aromatic rings. The van der Waals surface area contributed by atoms with Gasteiger partial charge >= 0.3 is 0 Å². The summed E-state index contributed by atoms with van der Waals surface area (Å²) in [5.74, 6) is 1.05. The van der Waals surface area contributed by atoms with E-state index in [1.807, 2.05) is 50.4 Å². The van der Waals surface area contributed by atoms with Crippen molar-refractivity contribution in [1.29, 1.82) is 0 Å². The Bertz CT molecular complexity index is 1250. The number of likely N-dealkylation sites (N-methyl/N-ethyl adjacent to an activating group) is 1. The highest BCUT2D eigenvalue weighted by Gasteiger charge is 2.39. The summed E-state index contributed by atoms with van der Waals surface area (Å²) in [5.41, 5.74) is 5.73.